The summed E-state index contributed by atoms with van der Waals surface area (Å²) < 4.78 is 0. The number of quaternary nitrogens is 1. The predicted molar refractivity (Wildman–Crippen MR) is 57.6 cm³/mol. The molecule has 0 saturated carbocycles. The van der Waals surface area contributed by atoms with E-state index in [2.05, 4.69) is 12.7 Å². The second kappa shape index (κ2) is 7.69. The van der Waals surface area contributed by atoms with E-state index in [9.17, 15) is 5.11 Å². The molecule has 0 saturated heterocycles. The number of hydrogen-bond donors (Lipinski definition) is 2. The van der Waals surface area contributed by atoms with Gasteiger partial charge < -0.3 is 23.2 Å². The highest BCUT2D eigenvalue weighted by molar-refractivity contribution is 5.18. The molecule has 0 unspecified atom stereocenters. The number of unbranched alkanes of at least 4 members (excludes halogenated alkanes) is 1. The molecule has 0 amide bonds. The van der Waals surface area contributed by atoms with Gasteiger partial charge in [0.1, 0.15) is 12.1 Å². The van der Waals surface area contributed by atoms with Gasteiger partial charge in [-0.1, -0.05) is 43.7 Å². The molecule has 4 N–H and O–H groups in total. The fourth-order valence-corrected chi connectivity index (χ4v) is 1.55. The van der Waals surface area contributed by atoms with E-state index in [4.69, 9.17) is 0 Å². The summed E-state index contributed by atoms with van der Waals surface area (Å²) in [7, 11) is 0. The van der Waals surface area contributed by atoms with Crippen molar-refractivity contribution in [3.63, 3.8) is 0 Å². The quantitative estimate of drug-likeness (QED) is 0.636. The summed E-state index contributed by atoms with van der Waals surface area (Å²) in [5.41, 5.74) is 4.98. The molecule has 86 valence electrons. The molecule has 0 spiro atoms. The summed E-state index contributed by atoms with van der Waals surface area (Å²) in [6.07, 6.45) is 2.88. The standard InChI is InChI=1S/C12H19NO.ClH/c1-2-3-9-11(13)12(14)10-7-5-4-6-8-10;/h4-8,11-12,14H,2-3,9,13H2,1H3;1H/t11-,12+;/m0./s1. The average molecular weight is 230 g/mol. The number of aliphatic hydroxyl groups is 1. The first kappa shape index (κ1) is 14.4. The molecule has 0 bridgehead atoms. The van der Waals surface area contributed by atoms with Crippen molar-refractivity contribution in [2.24, 2.45) is 0 Å². The van der Waals surface area contributed by atoms with Crippen molar-refractivity contribution in [2.75, 3.05) is 0 Å². The highest BCUT2D eigenvalue weighted by atomic mass is 35.5. The fourth-order valence-electron chi connectivity index (χ4n) is 1.55. The predicted octanol–water partition coefficient (Wildman–Crippen LogP) is -1.48. The third kappa shape index (κ3) is 4.65. The van der Waals surface area contributed by atoms with Crippen LogP contribution in [0.5, 0.6) is 0 Å². The van der Waals surface area contributed by atoms with Gasteiger partial charge in [0.15, 0.2) is 0 Å². The van der Waals surface area contributed by atoms with Crippen LogP contribution in [0, 0.1) is 0 Å². The van der Waals surface area contributed by atoms with Gasteiger partial charge in [-0.2, -0.15) is 0 Å². The maximum Gasteiger partial charge on any atom is 0.130 e. The molecule has 3 heteroatoms. The SMILES string of the molecule is CCCC[C@H]([NH3+])[C@H](O)c1ccccc1.[Cl-]. The van der Waals surface area contributed by atoms with Gasteiger partial charge in [0.05, 0.1) is 0 Å². The maximum atomic E-state index is 9.95. The van der Waals surface area contributed by atoms with E-state index < -0.39 is 6.10 Å². The van der Waals surface area contributed by atoms with E-state index in [0.717, 1.165) is 24.8 Å². The monoisotopic (exact) mass is 229 g/mol. The minimum Gasteiger partial charge on any atom is -1.00 e. The van der Waals surface area contributed by atoms with Crippen LogP contribution >= 0.6 is 0 Å². The minimum absolute atomic E-state index is 0. The molecular formula is C12H20ClNO. The van der Waals surface area contributed by atoms with Gasteiger partial charge in [-0.15, -0.1) is 0 Å². The smallest absolute Gasteiger partial charge is 0.130 e. The molecule has 0 heterocycles. The number of benzene rings is 1. The lowest BCUT2D eigenvalue weighted by atomic mass is 9.99. The second-order valence-corrected chi connectivity index (χ2v) is 3.76. The highest BCUT2D eigenvalue weighted by Crippen LogP contribution is 2.17. The molecule has 2 atom stereocenters. The van der Waals surface area contributed by atoms with Crippen LogP contribution in [0.1, 0.15) is 37.9 Å². The first-order valence-corrected chi connectivity index (χ1v) is 5.31. The molecule has 0 aliphatic rings. The van der Waals surface area contributed by atoms with Gasteiger partial charge >= 0.3 is 0 Å². The fraction of sp³-hybridized carbons (Fsp3) is 0.500. The van der Waals surface area contributed by atoms with Crippen LogP contribution in [0.4, 0.5) is 0 Å². The van der Waals surface area contributed by atoms with Gasteiger partial charge in [-0.3, -0.25) is 0 Å². The van der Waals surface area contributed by atoms with E-state index in [1.165, 1.54) is 0 Å². The Bertz CT molecular complexity index is 253. The van der Waals surface area contributed by atoms with Crippen molar-refractivity contribution in [3.8, 4) is 0 Å². The van der Waals surface area contributed by atoms with E-state index in [-0.39, 0.29) is 18.4 Å². The minimum atomic E-state index is -0.414. The van der Waals surface area contributed by atoms with Crippen molar-refractivity contribution < 1.29 is 23.2 Å². The lowest BCUT2D eigenvalue weighted by Gasteiger charge is -2.15. The number of rotatable bonds is 5. The molecule has 0 aliphatic heterocycles. The van der Waals surface area contributed by atoms with Crippen molar-refractivity contribution in [1.29, 1.82) is 0 Å². The number of halogens is 1. The summed E-state index contributed by atoms with van der Waals surface area (Å²) in [6, 6.07) is 9.87. The van der Waals surface area contributed by atoms with Crippen LogP contribution in [0.2, 0.25) is 0 Å². The summed E-state index contributed by atoms with van der Waals surface area (Å²) >= 11 is 0. The normalized spacial score (nSPS) is 14.1. The zero-order valence-corrected chi connectivity index (χ0v) is 9.95. The van der Waals surface area contributed by atoms with E-state index in [0.29, 0.717) is 0 Å². The van der Waals surface area contributed by atoms with Gasteiger partial charge in [0, 0.05) is 6.42 Å². The Balaban J connectivity index is 0.00000196. The third-order valence-corrected chi connectivity index (χ3v) is 2.52. The van der Waals surface area contributed by atoms with Crippen LogP contribution in [-0.2, 0) is 0 Å². The molecule has 15 heavy (non-hydrogen) atoms. The number of aliphatic hydroxyl groups excluding tert-OH is 1. The molecule has 0 radical (unpaired) electrons. The van der Waals surface area contributed by atoms with Crippen LogP contribution in [0.3, 0.4) is 0 Å². The first-order chi connectivity index (χ1) is 6.75. The van der Waals surface area contributed by atoms with Crippen molar-refractivity contribution in [3.05, 3.63) is 35.9 Å². The second-order valence-electron chi connectivity index (χ2n) is 3.76. The van der Waals surface area contributed by atoms with E-state index in [1.807, 2.05) is 30.3 Å². The summed E-state index contributed by atoms with van der Waals surface area (Å²) in [5, 5.41) is 9.95. The van der Waals surface area contributed by atoms with Crippen LogP contribution < -0.4 is 18.1 Å². The summed E-state index contributed by atoms with van der Waals surface area (Å²) in [6.45, 7) is 2.15. The molecule has 1 rings (SSSR count). The lowest BCUT2D eigenvalue weighted by molar-refractivity contribution is -0.440. The Morgan fingerprint density at radius 1 is 1.27 bits per heavy atom. The molecular weight excluding hydrogens is 210 g/mol. The molecule has 1 aromatic rings. The largest absolute Gasteiger partial charge is 1.00 e. The van der Waals surface area contributed by atoms with E-state index in [1.54, 1.807) is 0 Å². The average Bonchev–Trinajstić information content (AvgIpc) is 2.26. The van der Waals surface area contributed by atoms with Gasteiger partial charge in [-0.25, -0.2) is 0 Å². The lowest BCUT2D eigenvalue weighted by Crippen LogP contribution is -3.00. The molecule has 2 nitrogen and oxygen atoms in total. The molecule has 1 aromatic carbocycles. The van der Waals surface area contributed by atoms with Gasteiger partial charge in [-0.05, 0) is 12.0 Å². The summed E-state index contributed by atoms with van der Waals surface area (Å²) in [5.74, 6) is 0. The van der Waals surface area contributed by atoms with E-state index >= 15 is 0 Å². The number of hydrogen-bond acceptors (Lipinski definition) is 1. The Morgan fingerprint density at radius 3 is 2.40 bits per heavy atom. The van der Waals surface area contributed by atoms with Crippen LogP contribution in [0.15, 0.2) is 30.3 Å². The highest BCUT2D eigenvalue weighted by Gasteiger charge is 2.18. The van der Waals surface area contributed by atoms with Gasteiger partial charge in [0.2, 0.25) is 0 Å². The summed E-state index contributed by atoms with van der Waals surface area (Å²) in [4.78, 5) is 0. The van der Waals surface area contributed by atoms with Crippen LogP contribution in [-0.4, -0.2) is 11.1 Å². The zero-order valence-electron chi connectivity index (χ0n) is 9.20. The Hall–Kier alpha value is -0.570. The Labute approximate surface area is 97.9 Å². The molecule has 0 aromatic heterocycles. The van der Waals surface area contributed by atoms with Crippen molar-refractivity contribution in [2.45, 2.75) is 38.3 Å². The zero-order chi connectivity index (χ0) is 10.4. The van der Waals surface area contributed by atoms with Crippen molar-refractivity contribution in [1.82, 2.24) is 0 Å². The molecule has 0 fully saturated rings. The Kier molecular flexibility index (Phi) is 7.39. The van der Waals surface area contributed by atoms with Gasteiger partial charge in [0.25, 0.3) is 0 Å². The van der Waals surface area contributed by atoms with Crippen molar-refractivity contribution >= 4 is 0 Å². The maximum absolute atomic E-state index is 9.95. The van der Waals surface area contributed by atoms with Crippen LogP contribution in [0.25, 0.3) is 0 Å². The topological polar surface area (TPSA) is 47.9 Å². The third-order valence-electron chi connectivity index (χ3n) is 2.52. The Morgan fingerprint density at radius 2 is 1.87 bits per heavy atom. The first-order valence-electron chi connectivity index (χ1n) is 5.31. The molecule has 0 aliphatic carbocycles.